The van der Waals surface area contributed by atoms with E-state index in [1.807, 2.05) is 18.2 Å². The predicted octanol–water partition coefficient (Wildman–Crippen LogP) is 5.73. The average Bonchev–Trinajstić information content (AvgIpc) is 3.18. The second-order valence-corrected chi connectivity index (χ2v) is 8.97. The number of nitrogens with zero attached hydrogens (tertiary/aromatic N) is 2. The number of thiophene rings is 1. The van der Waals surface area contributed by atoms with Crippen molar-refractivity contribution in [3.63, 3.8) is 0 Å². The van der Waals surface area contributed by atoms with Gasteiger partial charge in [0.2, 0.25) is 0 Å². The van der Waals surface area contributed by atoms with Gasteiger partial charge in [-0.05, 0) is 42.5 Å². The lowest BCUT2D eigenvalue weighted by molar-refractivity contribution is 0.672. The molecule has 0 spiro atoms. The molecule has 0 N–H and O–H groups in total. The Morgan fingerprint density at radius 3 is 2.81 bits per heavy atom. The first kappa shape index (κ1) is 18.1. The lowest BCUT2D eigenvalue weighted by Gasteiger charge is -2.11. The molecule has 0 fully saturated rings. The minimum absolute atomic E-state index is 0.0297. The second-order valence-electron chi connectivity index (χ2n) is 6.13. The largest absolute Gasteiger partial charge is 0.283 e. The van der Waals surface area contributed by atoms with Crippen LogP contribution in [0.1, 0.15) is 22.4 Å². The molecule has 0 atom stereocenters. The van der Waals surface area contributed by atoms with Gasteiger partial charge in [0.1, 0.15) is 4.83 Å². The number of hydrogen-bond acceptors (Lipinski definition) is 4. The minimum atomic E-state index is 0.0297. The summed E-state index contributed by atoms with van der Waals surface area (Å²) < 4.78 is 1.70. The van der Waals surface area contributed by atoms with Crippen LogP contribution in [0.3, 0.4) is 0 Å². The van der Waals surface area contributed by atoms with E-state index >= 15 is 0 Å². The Kier molecular flexibility index (Phi) is 5.15. The van der Waals surface area contributed by atoms with Crippen LogP contribution in [0.2, 0.25) is 10.0 Å². The average molecular weight is 423 g/mol. The van der Waals surface area contributed by atoms with E-state index < -0.39 is 0 Å². The third kappa shape index (κ3) is 3.11. The molecule has 0 unspecified atom stereocenters. The van der Waals surface area contributed by atoms with Crippen LogP contribution in [0.15, 0.2) is 40.8 Å². The summed E-state index contributed by atoms with van der Waals surface area (Å²) in [6, 6.07) is 5.46. The molecule has 1 aliphatic rings. The highest BCUT2D eigenvalue weighted by molar-refractivity contribution is 7.98. The van der Waals surface area contributed by atoms with Crippen LogP contribution in [0.5, 0.6) is 0 Å². The lowest BCUT2D eigenvalue weighted by Crippen LogP contribution is -2.22. The number of fused-ring (bicyclic) bond motifs is 3. The van der Waals surface area contributed by atoms with Gasteiger partial charge in [0.15, 0.2) is 5.16 Å². The van der Waals surface area contributed by atoms with Crippen LogP contribution in [0.4, 0.5) is 0 Å². The van der Waals surface area contributed by atoms with E-state index in [9.17, 15) is 4.79 Å². The van der Waals surface area contributed by atoms with Crippen molar-refractivity contribution in [3.8, 4) is 0 Å². The van der Waals surface area contributed by atoms with Crippen LogP contribution in [0.25, 0.3) is 10.2 Å². The topological polar surface area (TPSA) is 34.9 Å². The second kappa shape index (κ2) is 7.39. The minimum Gasteiger partial charge on any atom is -0.283 e. The van der Waals surface area contributed by atoms with Crippen LogP contribution < -0.4 is 5.56 Å². The third-order valence-electron chi connectivity index (χ3n) is 4.51. The number of aryl methyl sites for hydroxylation is 2. The predicted molar refractivity (Wildman–Crippen MR) is 112 cm³/mol. The Balaban J connectivity index is 1.78. The zero-order valence-electron chi connectivity index (χ0n) is 13.9. The molecule has 0 radical (unpaired) electrons. The lowest BCUT2D eigenvalue weighted by atomic mass is 10.2. The SMILES string of the molecule is C=CCn1c(SCc2c(Cl)cccc2Cl)nc2sc3c(c2c1=O)CCC3. The van der Waals surface area contributed by atoms with Gasteiger partial charge in [0, 0.05) is 27.2 Å². The van der Waals surface area contributed by atoms with Gasteiger partial charge in [0.25, 0.3) is 5.56 Å². The van der Waals surface area contributed by atoms with E-state index in [1.165, 1.54) is 22.2 Å². The third-order valence-corrected chi connectivity index (χ3v) is 7.41. The maximum absolute atomic E-state index is 13.1. The Bertz CT molecular complexity index is 1050. The van der Waals surface area contributed by atoms with E-state index in [0.29, 0.717) is 27.5 Å². The smallest absolute Gasteiger partial charge is 0.263 e. The fraction of sp³-hybridized carbons (Fsp3) is 0.263. The van der Waals surface area contributed by atoms with Crippen LogP contribution in [-0.2, 0) is 25.1 Å². The Morgan fingerprint density at radius 1 is 1.31 bits per heavy atom. The van der Waals surface area contributed by atoms with Crippen molar-refractivity contribution in [3.05, 3.63) is 67.3 Å². The van der Waals surface area contributed by atoms with Crippen molar-refractivity contribution in [2.45, 2.75) is 36.7 Å². The summed E-state index contributed by atoms with van der Waals surface area (Å²) in [5.41, 5.74) is 2.09. The molecule has 26 heavy (non-hydrogen) atoms. The molecule has 0 amide bonds. The molecule has 2 heterocycles. The summed E-state index contributed by atoms with van der Waals surface area (Å²) in [5.74, 6) is 0.554. The first-order valence-electron chi connectivity index (χ1n) is 8.31. The molecular weight excluding hydrogens is 407 g/mol. The number of thioether (sulfide) groups is 1. The maximum atomic E-state index is 13.1. The van der Waals surface area contributed by atoms with E-state index in [2.05, 4.69) is 6.58 Å². The number of allylic oxidation sites excluding steroid dienone is 1. The summed E-state index contributed by atoms with van der Waals surface area (Å²) in [6.07, 6.45) is 4.88. The van der Waals surface area contributed by atoms with Crippen molar-refractivity contribution in [2.24, 2.45) is 0 Å². The molecule has 134 valence electrons. The zero-order chi connectivity index (χ0) is 18.3. The van der Waals surface area contributed by atoms with Gasteiger partial charge in [-0.15, -0.1) is 17.9 Å². The zero-order valence-corrected chi connectivity index (χ0v) is 17.1. The van der Waals surface area contributed by atoms with Crippen molar-refractivity contribution in [1.82, 2.24) is 9.55 Å². The molecule has 0 saturated carbocycles. The number of aromatic nitrogens is 2. The van der Waals surface area contributed by atoms with E-state index in [-0.39, 0.29) is 5.56 Å². The first-order valence-corrected chi connectivity index (χ1v) is 10.9. The summed E-state index contributed by atoms with van der Waals surface area (Å²) in [5, 5.41) is 2.72. The number of halogens is 2. The molecule has 1 aromatic carbocycles. The fourth-order valence-corrected chi connectivity index (χ4v) is 6.32. The van der Waals surface area contributed by atoms with Gasteiger partial charge in [-0.2, -0.15) is 0 Å². The molecule has 0 aliphatic heterocycles. The Morgan fingerprint density at radius 2 is 2.08 bits per heavy atom. The quantitative estimate of drug-likeness (QED) is 0.299. The van der Waals surface area contributed by atoms with E-state index in [1.54, 1.807) is 22.0 Å². The van der Waals surface area contributed by atoms with Crippen molar-refractivity contribution < 1.29 is 0 Å². The molecular formula is C19H16Cl2N2OS2. The van der Waals surface area contributed by atoms with Gasteiger partial charge in [-0.1, -0.05) is 47.1 Å². The van der Waals surface area contributed by atoms with Crippen LogP contribution in [0, 0.1) is 0 Å². The molecule has 4 rings (SSSR count). The molecule has 7 heteroatoms. The molecule has 3 aromatic rings. The summed E-state index contributed by atoms with van der Waals surface area (Å²) in [6.45, 7) is 4.22. The highest BCUT2D eigenvalue weighted by Crippen LogP contribution is 2.36. The van der Waals surface area contributed by atoms with Crippen LogP contribution in [-0.4, -0.2) is 9.55 Å². The normalized spacial score (nSPS) is 13.3. The highest BCUT2D eigenvalue weighted by Gasteiger charge is 2.23. The van der Waals surface area contributed by atoms with Gasteiger partial charge in [-0.25, -0.2) is 4.98 Å². The number of hydrogen-bond donors (Lipinski definition) is 0. The first-order chi connectivity index (χ1) is 12.6. The number of rotatable bonds is 5. The Labute approximate surface area is 169 Å². The van der Waals surface area contributed by atoms with Crippen LogP contribution >= 0.6 is 46.3 Å². The molecule has 3 nitrogen and oxygen atoms in total. The van der Waals surface area contributed by atoms with Gasteiger partial charge in [-0.3, -0.25) is 9.36 Å². The summed E-state index contributed by atoms with van der Waals surface area (Å²) in [4.78, 5) is 20.1. The summed E-state index contributed by atoms with van der Waals surface area (Å²) in [7, 11) is 0. The van der Waals surface area contributed by atoms with Crippen molar-refractivity contribution >= 4 is 56.5 Å². The Hall–Kier alpha value is -1.27. The van der Waals surface area contributed by atoms with E-state index in [0.717, 1.165) is 35.0 Å². The van der Waals surface area contributed by atoms with E-state index in [4.69, 9.17) is 28.2 Å². The van der Waals surface area contributed by atoms with Crippen molar-refractivity contribution in [2.75, 3.05) is 0 Å². The van der Waals surface area contributed by atoms with Gasteiger partial charge in [0.05, 0.1) is 5.39 Å². The van der Waals surface area contributed by atoms with Gasteiger partial charge >= 0.3 is 0 Å². The molecule has 0 bridgehead atoms. The molecule has 2 aromatic heterocycles. The molecule has 0 saturated heterocycles. The number of benzene rings is 1. The standard InChI is InChI=1S/C19H16Cl2N2OS2/c1-2-9-23-18(24)16-11-5-3-8-15(11)26-17(16)22-19(23)25-10-12-13(20)6-4-7-14(12)21/h2,4,6-7H,1,3,5,8-10H2. The molecule has 1 aliphatic carbocycles. The maximum Gasteiger partial charge on any atom is 0.263 e. The monoisotopic (exact) mass is 422 g/mol. The summed E-state index contributed by atoms with van der Waals surface area (Å²) >= 11 is 15.7. The van der Waals surface area contributed by atoms with Gasteiger partial charge < -0.3 is 0 Å². The highest BCUT2D eigenvalue weighted by atomic mass is 35.5. The van der Waals surface area contributed by atoms with Crippen molar-refractivity contribution in [1.29, 1.82) is 0 Å². The fourth-order valence-electron chi connectivity index (χ4n) is 3.27.